The summed E-state index contributed by atoms with van der Waals surface area (Å²) in [5.41, 5.74) is 1.70. The Morgan fingerprint density at radius 2 is 2.00 bits per heavy atom. The number of aryl methyl sites for hydroxylation is 1. The lowest BCUT2D eigenvalue weighted by atomic mass is 10.1. The van der Waals surface area contributed by atoms with Crippen LogP contribution < -0.4 is 5.32 Å². The van der Waals surface area contributed by atoms with E-state index in [9.17, 15) is 4.79 Å². The Hall–Kier alpha value is -1.81. The van der Waals surface area contributed by atoms with Gasteiger partial charge in [0.1, 0.15) is 5.58 Å². The molecule has 1 saturated heterocycles. The van der Waals surface area contributed by atoms with Crippen LogP contribution in [0.25, 0.3) is 11.0 Å². The predicted molar refractivity (Wildman–Crippen MR) is 78.9 cm³/mol. The van der Waals surface area contributed by atoms with Crippen LogP contribution in [0.5, 0.6) is 0 Å². The maximum atomic E-state index is 12.4. The molecular weight excluding hydrogens is 252 g/mol. The molecule has 0 bridgehead atoms. The van der Waals surface area contributed by atoms with E-state index in [4.69, 9.17) is 4.42 Å². The van der Waals surface area contributed by atoms with Crippen LogP contribution in [0.3, 0.4) is 0 Å². The highest BCUT2D eigenvalue weighted by Gasteiger charge is 2.22. The van der Waals surface area contributed by atoms with Crippen LogP contribution >= 0.6 is 0 Å². The lowest BCUT2D eigenvalue weighted by molar-refractivity contribution is 0.0890. The summed E-state index contributed by atoms with van der Waals surface area (Å²) < 4.78 is 5.70. The topological polar surface area (TPSA) is 45.5 Å². The summed E-state index contributed by atoms with van der Waals surface area (Å²) >= 11 is 0. The number of amides is 1. The second kappa shape index (κ2) is 5.29. The van der Waals surface area contributed by atoms with Gasteiger partial charge in [0, 0.05) is 17.0 Å². The highest BCUT2D eigenvalue weighted by molar-refractivity contribution is 5.99. The van der Waals surface area contributed by atoms with Gasteiger partial charge < -0.3 is 14.6 Å². The number of benzene rings is 1. The summed E-state index contributed by atoms with van der Waals surface area (Å²) in [6.07, 6.45) is 2.00. The maximum Gasteiger partial charge on any atom is 0.287 e. The van der Waals surface area contributed by atoms with Crippen molar-refractivity contribution in [1.82, 2.24) is 10.2 Å². The first kappa shape index (κ1) is 13.2. The van der Waals surface area contributed by atoms with E-state index >= 15 is 0 Å². The number of piperidine rings is 1. The molecule has 0 atom stereocenters. The van der Waals surface area contributed by atoms with E-state index in [-0.39, 0.29) is 11.9 Å². The Morgan fingerprint density at radius 3 is 2.70 bits per heavy atom. The van der Waals surface area contributed by atoms with Gasteiger partial charge in [0.05, 0.1) is 0 Å². The number of likely N-dealkylation sites (tertiary alicyclic amines) is 1. The van der Waals surface area contributed by atoms with Crippen molar-refractivity contribution in [1.29, 1.82) is 0 Å². The molecule has 4 nitrogen and oxygen atoms in total. The zero-order chi connectivity index (χ0) is 14.1. The van der Waals surface area contributed by atoms with Gasteiger partial charge in [-0.05, 0) is 46.0 Å². The van der Waals surface area contributed by atoms with Gasteiger partial charge in [-0.3, -0.25) is 4.79 Å². The third-order valence-corrected chi connectivity index (χ3v) is 4.10. The monoisotopic (exact) mass is 272 g/mol. The molecule has 0 saturated carbocycles. The van der Waals surface area contributed by atoms with Gasteiger partial charge in [0.2, 0.25) is 0 Å². The lowest BCUT2D eigenvalue weighted by Gasteiger charge is -2.29. The molecule has 2 aromatic rings. The van der Waals surface area contributed by atoms with E-state index in [0.717, 1.165) is 42.5 Å². The number of hydrogen-bond acceptors (Lipinski definition) is 3. The molecule has 106 valence electrons. The van der Waals surface area contributed by atoms with Crippen LogP contribution in [-0.4, -0.2) is 37.0 Å². The second-order valence-corrected chi connectivity index (χ2v) is 5.60. The summed E-state index contributed by atoms with van der Waals surface area (Å²) in [5.74, 6) is 0.360. The van der Waals surface area contributed by atoms with E-state index < -0.39 is 0 Å². The highest BCUT2D eigenvalue weighted by atomic mass is 16.3. The highest BCUT2D eigenvalue weighted by Crippen LogP contribution is 2.25. The molecule has 20 heavy (non-hydrogen) atoms. The molecule has 0 radical (unpaired) electrons. The van der Waals surface area contributed by atoms with Crippen LogP contribution in [0.2, 0.25) is 0 Å². The van der Waals surface area contributed by atoms with Crippen LogP contribution in [0.1, 0.15) is 29.0 Å². The van der Waals surface area contributed by atoms with Gasteiger partial charge in [0.25, 0.3) is 5.91 Å². The largest absolute Gasteiger partial charge is 0.451 e. The SMILES string of the molecule is Cc1c(C(=O)NC2CCN(C)CC2)oc2ccccc12. The fourth-order valence-electron chi connectivity index (χ4n) is 2.79. The number of para-hydroxylation sites is 1. The number of nitrogens with one attached hydrogen (secondary N) is 1. The molecule has 2 heterocycles. The molecule has 1 fully saturated rings. The van der Waals surface area contributed by atoms with E-state index in [2.05, 4.69) is 17.3 Å². The number of fused-ring (bicyclic) bond motifs is 1. The number of rotatable bonds is 2. The fourth-order valence-corrected chi connectivity index (χ4v) is 2.79. The van der Waals surface area contributed by atoms with Gasteiger partial charge in [-0.1, -0.05) is 18.2 Å². The number of carbonyl (C=O) groups is 1. The van der Waals surface area contributed by atoms with Crippen molar-refractivity contribution in [3.63, 3.8) is 0 Å². The minimum Gasteiger partial charge on any atom is -0.451 e. The van der Waals surface area contributed by atoms with Crippen molar-refractivity contribution < 1.29 is 9.21 Å². The Balaban J connectivity index is 1.77. The standard InChI is InChI=1S/C16H20N2O2/c1-11-13-5-3-4-6-14(13)20-15(11)16(19)17-12-7-9-18(2)10-8-12/h3-6,12H,7-10H2,1-2H3,(H,17,19). The van der Waals surface area contributed by atoms with Crippen molar-refractivity contribution in [3.8, 4) is 0 Å². The molecule has 1 N–H and O–H groups in total. The summed E-state index contributed by atoms with van der Waals surface area (Å²) in [6.45, 7) is 4.00. The molecule has 1 aliphatic heterocycles. The zero-order valence-corrected chi connectivity index (χ0v) is 12.0. The van der Waals surface area contributed by atoms with Crippen LogP contribution in [0, 0.1) is 6.92 Å². The minimum atomic E-state index is -0.0896. The quantitative estimate of drug-likeness (QED) is 0.914. The summed E-state index contributed by atoms with van der Waals surface area (Å²) in [7, 11) is 2.11. The van der Waals surface area contributed by atoms with Crippen molar-refractivity contribution in [2.75, 3.05) is 20.1 Å². The first-order chi connectivity index (χ1) is 9.65. The third kappa shape index (κ3) is 2.43. The molecule has 3 rings (SSSR count). The Bertz CT molecular complexity index is 624. The number of furan rings is 1. The van der Waals surface area contributed by atoms with E-state index in [0.29, 0.717) is 5.76 Å². The van der Waals surface area contributed by atoms with Gasteiger partial charge >= 0.3 is 0 Å². The normalized spacial score (nSPS) is 17.5. The van der Waals surface area contributed by atoms with Gasteiger partial charge in [-0.25, -0.2) is 0 Å². The molecule has 4 heteroatoms. The Labute approximate surface area is 118 Å². The first-order valence-corrected chi connectivity index (χ1v) is 7.12. The average Bonchev–Trinajstić information content (AvgIpc) is 2.79. The molecule has 0 aliphatic carbocycles. The van der Waals surface area contributed by atoms with Crippen molar-refractivity contribution in [2.24, 2.45) is 0 Å². The molecular formula is C16H20N2O2. The second-order valence-electron chi connectivity index (χ2n) is 5.60. The molecule has 1 aromatic carbocycles. The van der Waals surface area contributed by atoms with Crippen LogP contribution in [-0.2, 0) is 0 Å². The van der Waals surface area contributed by atoms with Crippen molar-refractivity contribution >= 4 is 16.9 Å². The third-order valence-electron chi connectivity index (χ3n) is 4.10. The number of hydrogen-bond donors (Lipinski definition) is 1. The van der Waals surface area contributed by atoms with Crippen molar-refractivity contribution in [3.05, 3.63) is 35.6 Å². The fraction of sp³-hybridized carbons (Fsp3) is 0.438. The molecule has 0 spiro atoms. The van der Waals surface area contributed by atoms with Gasteiger partial charge in [0.15, 0.2) is 5.76 Å². The lowest BCUT2D eigenvalue weighted by Crippen LogP contribution is -2.43. The Morgan fingerprint density at radius 1 is 1.30 bits per heavy atom. The zero-order valence-electron chi connectivity index (χ0n) is 12.0. The summed E-state index contributed by atoms with van der Waals surface area (Å²) in [4.78, 5) is 14.7. The predicted octanol–water partition coefficient (Wildman–Crippen LogP) is 2.57. The van der Waals surface area contributed by atoms with E-state index in [1.165, 1.54) is 0 Å². The van der Waals surface area contributed by atoms with Gasteiger partial charge in [-0.2, -0.15) is 0 Å². The summed E-state index contributed by atoms with van der Waals surface area (Å²) in [5, 5.41) is 4.11. The molecule has 1 amide bonds. The molecule has 0 unspecified atom stereocenters. The van der Waals surface area contributed by atoms with Crippen LogP contribution in [0.15, 0.2) is 28.7 Å². The van der Waals surface area contributed by atoms with E-state index in [1.54, 1.807) is 0 Å². The smallest absolute Gasteiger partial charge is 0.287 e. The average molecular weight is 272 g/mol. The van der Waals surface area contributed by atoms with Gasteiger partial charge in [-0.15, -0.1) is 0 Å². The van der Waals surface area contributed by atoms with E-state index in [1.807, 2.05) is 31.2 Å². The van der Waals surface area contributed by atoms with Crippen molar-refractivity contribution in [2.45, 2.75) is 25.8 Å². The summed E-state index contributed by atoms with van der Waals surface area (Å²) in [6, 6.07) is 8.02. The maximum absolute atomic E-state index is 12.4. The molecule has 1 aliphatic rings. The first-order valence-electron chi connectivity index (χ1n) is 7.12. The van der Waals surface area contributed by atoms with Crippen LogP contribution in [0.4, 0.5) is 0 Å². The number of carbonyl (C=O) groups excluding carboxylic acids is 1. The minimum absolute atomic E-state index is 0.0896. The number of nitrogens with zero attached hydrogens (tertiary/aromatic N) is 1. The Kier molecular flexibility index (Phi) is 3.49. The molecule has 1 aromatic heterocycles.